The maximum absolute atomic E-state index is 6.39. The summed E-state index contributed by atoms with van der Waals surface area (Å²) in [6.45, 7) is 13.4. The molecular formula is C16H32N2O. The number of hydrogen-bond donors (Lipinski definition) is 1. The van der Waals surface area contributed by atoms with Gasteiger partial charge in [0.2, 0.25) is 0 Å². The molecular weight excluding hydrogens is 236 g/mol. The fraction of sp³-hybridized carbons (Fsp3) is 1.00. The van der Waals surface area contributed by atoms with Crippen molar-refractivity contribution in [3.05, 3.63) is 0 Å². The summed E-state index contributed by atoms with van der Waals surface area (Å²) in [6.07, 6.45) is 3.81. The summed E-state index contributed by atoms with van der Waals surface area (Å²) < 4.78 is 5.53. The fourth-order valence-corrected chi connectivity index (χ4v) is 3.62. The predicted octanol–water partition coefficient (Wildman–Crippen LogP) is 2.50. The number of nitrogens with zero attached hydrogens (tertiary/aromatic N) is 1. The zero-order valence-corrected chi connectivity index (χ0v) is 13.2. The molecule has 3 nitrogen and oxygen atoms in total. The Morgan fingerprint density at radius 2 is 2.00 bits per heavy atom. The predicted molar refractivity (Wildman–Crippen MR) is 80.1 cm³/mol. The van der Waals surface area contributed by atoms with E-state index in [1.165, 1.54) is 19.3 Å². The lowest BCUT2D eigenvalue weighted by molar-refractivity contribution is -0.0163. The van der Waals surface area contributed by atoms with Crippen LogP contribution in [0.1, 0.15) is 47.0 Å². The molecule has 1 aliphatic heterocycles. The Bertz CT molecular complexity index is 287. The molecule has 2 fully saturated rings. The van der Waals surface area contributed by atoms with Crippen LogP contribution in [0.4, 0.5) is 0 Å². The van der Waals surface area contributed by atoms with Gasteiger partial charge in [-0.2, -0.15) is 0 Å². The molecule has 0 spiro atoms. The van der Waals surface area contributed by atoms with Gasteiger partial charge in [-0.25, -0.2) is 0 Å². The largest absolute Gasteiger partial charge is 0.379 e. The first-order valence-corrected chi connectivity index (χ1v) is 7.95. The van der Waals surface area contributed by atoms with Gasteiger partial charge in [0.05, 0.1) is 13.2 Å². The molecule has 1 heterocycles. The van der Waals surface area contributed by atoms with Crippen molar-refractivity contribution in [3.63, 3.8) is 0 Å². The zero-order chi connectivity index (χ0) is 14.0. The van der Waals surface area contributed by atoms with Crippen LogP contribution in [0.2, 0.25) is 0 Å². The smallest absolute Gasteiger partial charge is 0.0619 e. The quantitative estimate of drug-likeness (QED) is 0.836. The Morgan fingerprint density at radius 1 is 1.26 bits per heavy atom. The van der Waals surface area contributed by atoms with Gasteiger partial charge in [-0.3, -0.25) is 4.90 Å². The van der Waals surface area contributed by atoms with E-state index in [1.807, 2.05) is 0 Å². The first-order chi connectivity index (χ1) is 8.88. The van der Waals surface area contributed by atoms with Gasteiger partial charge in [-0.05, 0) is 43.4 Å². The van der Waals surface area contributed by atoms with Crippen LogP contribution in [0.5, 0.6) is 0 Å². The summed E-state index contributed by atoms with van der Waals surface area (Å²) in [5, 5.41) is 0. The van der Waals surface area contributed by atoms with Crippen LogP contribution in [0.3, 0.4) is 0 Å². The Kier molecular flexibility index (Phi) is 4.91. The van der Waals surface area contributed by atoms with Crippen molar-refractivity contribution in [2.45, 2.75) is 59.0 Å². The normalized spacial score (nSPS) is 38.4. The molecule has 1 saturated carbocycles. The van der Waals surface area contributed by atoms with Crippen LogP contribution < -0.4 is 5.73 Å². The summed E-state index contributed by atoms with van der Waals surface area (Å²) in [4.78, 5) is 2.58. The van der Waals surface area contributed by atoms with E-state index in [0.717, 1.165) is 32.2 Å². The van der Waals surface area contributed by atoms with Gasteiger partial charge in [0.15, 0.2) is 0 Å². The summed E-state index contributed by atoms with van der Waals surface area (Å²) in [7, 11) is 0. The minimum absolute atomic E-state index is 0.397. The summed E-state index contributed by atoms with van der Waals surface area (Å²) >= 11 is 0. The lowest BCUT2D eigenvalue weighted by Gasteiger charge is -2.44. The van der Waals surface area contributed by atoms with Crippen molar-refractivity contribution in [1.82, 2.24) is 4.90 Å². The highest BCUT2D eigenvalue weighted by Crippen LogP contribution is 2.40. The molecule has 0 amide bonds. The van der Waals surface area contributed by atoms with Crippen molar-refractivity contribution >= 4 is 0 Å². The standard InChI is InChI=1S/C16H32N2O/c1-12-11-19-8-7-18(12)10-13-9-14(16(2,3)4)5-6-15(13)17/h12-15H,5-11,17H2,1-4H3. The van der Waals surface area contributed by atoms with Gasteiger partial charge in [-0.15, -0.1) is 0 Å². The zero-order valence-electron chi connectivity index (χ0n) is 13.2. The third-order valence-corrected chi connectivity index (χ3v) is 5.24. The molecule has 19 heavy (non-hydrogen) atoms. The van der Waals surface area contributed by atoms with Gasteiger partial charge in [0, 0.05) is 25.2 Å². The topological polar surface area (TPSA) is 38.5 Å². The third-order valence-electron chi connectivity index (χ3n) is 5.24. The summed E-state index contributed by atoms with van der Waals surface area (Å²) in [5.74, 6) is 1.49. The second-order valence-corrected chi connectivity index (χ2v) is 7.72. The minimum atomic E-state index is 0.397. The Labute approximate surface area is 118 Å². The highest BCUT2D eigenvalue weighted by Gasteiger charge is 2.35. The number of nitrogens with two attached hydrogens (primary N) is 1. The SMILES string of the molecule is CC1COCCN1CC1CC(C(C)(C)C)CCC1N. The maximum Gasteiger partial charge on any atom is 0.0619 e. The third kappa shape index (κ3) is 3.93. The number of rotatable bonds is 2. The monoisotopic (exact) mass is 268 g/mol. The molecule has 4 unspecified atom stereocenters. The first-order valence-electron chi connectivity index (χ1n) is 7.95. The van der Waals surface area contributed by atoms with Crippen molar-refractivity contribution in [3.8, 4) is 0 Å². The molecule has 2 N–H and O–H groups in total. The second kappa shape index (κ2) is 6.11. The Morgan fingerprint density at radius 3 is 2.63 bits per heavy atom. The molecule has 0 radical (unpaired) electrons. The van der Waals surface area contributed by atoms with Crippen LogP contribution in [0, 0.1) is 17.3 Å². The molecule has 112 valence electrons. The number of ether oxygens (including phenoxy) is 1. The summed E-state index contributed by atoms with van der Waals surface area (Å²) in [6, 6.07) is 0.949. The Balaban J connectivity index is 1.93. The van der Waals surface area contributed by atoms with Crippen LogP contribution >= 0.6 is 0 Å². The first kappa shape index (κ1) is 15.3. The molecule has 2 aliphatic rings. The molecule has 3 heteroatoms. The van der Waals surface area contributed by atoms with E-state index < -0.39 is 0 Å². The molecule has 0 aromatic carbocycles. The average molecular weight is 268 g/mol. The second-order valence-electron chi connectivity index (χ2n) is 7.72. The Hall–Kier alpha value is -0.120. The molecule has 4 atom stereocenters. The summed E-state index contributed by atoms with van der Waals surface area (Å²) in [5.41, 5.74) is 6.81. The highest BCUT2D eigenvalue weighted by atomic mass is 16.5. The van der Waals surface area contributed by atoms with Crippen LogP contribution in [0.15, 0.2) is 0 Å². The molecule has 1 saturated heterocycles. The van der Waals surface area contributed by atoms with Gasteiger partial charge >= 0.3 is 0 Å². The molecule has 2 rings (SSSR count). The van der Waals surface area contributed by atoms with Gasteiger partial charge in [-0.1, -0.05) is 20.8 Å². The van der Waals surface area contributed by atoms with E-state index in [9.17, 15) is 0 Å². The van der Waals surface area contributed by atoms with Crippen LogP contribution in [-0.4, -0.2) is 43.3 Å². The lowest BCUT2D eigenvalue weighted by Crippen LogP contribution is -2.50. The lowest BCUT2D eigenvalue weighted by atomic mass is 9.67. The molecule has 1 aliphatic carbocycles. The van der Waals surface area contributed by atoms with Gasteiger partial charge in [0.1, 0.15) is 0 Å². The van der Waals surface area contributed by atoms with E-state index >= 15 is 0 Å². The number of hydrogen-bond acceptors (Lipinski definition) is 3. The number of morpholine rings is 1. The maximum atomic E-state index is 6.39. The van der Waals surface area contributed by atoms with Crippen molar-refractivity contribution in [2.24, 2.45) is 23.0 Å². The van der Waals surface area contributed by atoms with E-state index in [0.29, 0.717) is 23.4 Å². The van der Waals surface area contributed by atoms with E-state index in [-0.39, 0.29) is 0 Å². The van der Waals surface area contributed by atoms with Crippen molar-refractivity contribution in [1.29, 1.82) is 0 Å². The average Bonchev–Trinajstić information content (AvgIpc) is 2.33. The minimum Gasteiger partial charge on any atom is -0.379 e. The van der Waals surface area contributed by atoms with E-state index in [2.05, 4.69) is 32.6 Å². The fourth-order valence-electron chi connectivity index (χ4n) is 3.62. The highest BCUT2D eigenvalue weighted by molar-refractivity contribution is 4.89. The van der Waals surface area contributed by atoms with E-state index in [1.54, 1.807) is 0 Å². The van der Waals surface area contributed by atoms with Gasteiger partial charge in [0.25, 0.3) is 0 Å². The van der Waals surface area contributed by atoms with Gasteiger partial charge < -0.3 is 10.5 Å². The van der Waals surface area contributed by atoms with Crippen LogP contribution in [0.25, 0.3) is 0 Å². The molecule has 0 aromatic rings. The van der Waals surface area contributed by atoms with Crippen molar-refractivity contribution in [2.75, 3.05) is 26.3 Å². The molecule has 0 bridgehead atoms. The van der Waals surface area contributed by atoms with Crippen LogP contribution in [-0.2, 0) is 4.74 Å². The van der Waals surface area contributed by atoms with Crippen molar-refractivity contribution < 1.29 is 4.74 Å². The van der Waals surface area contributed by atoms with E-state index in [4.69, 9.17) is 10.5 Å². The molecule has 0 aromatic heterocycles.